The lowest BCUT2D eigenvalue weighted by molar-refractivity contribution is -0.113. The minimum atomic E-state index is -0.0427. The molecule has 0 bridgehead atoms. The molecule has 0 spiro atoms. The van der Waals surface area contributed by atoms with Gasteiger partial charge in [0.25, 0.3) is 0 Å². The summed E-state index contributed by atoms with van der Waals surface area (Å²) < 4.78 is 1.97. The van der Waals surface area contributed by atoms with Gasteiger partial charge in [0.15, 0.2) is 11.0 Å². The van der Waals surface area contributed by atoms with Crippen molar-refractivity contribution < 1.29 is 4.79 Å². The molecule has 27 heavy (non-hydrogen) atoms. The summed E-state index contributed by atoms with van der Waals surface area (Å²) in [6.07, 6.45) is 0.970. The van der Waals surface area contributed by atoms with Crippen LogP contribution in [0.15, 0.2) is 28.7 Å². The predicted octanol–water partition coefficient (Wildman–Crippen LogP) is 4.76. The molecule has 1 amide bonds. The molecule has 0 atom stereocenters. The van der Waals surface area contributed by atoms with Gasteiger partial charge in [-0.15, -0.1) is 21.5 Å². The van der Waals surface area contributed by atoms with Crippen molar-refractivity contribution in [2.45, 2.75) is 39.3 Å². The summed E-state index contributed by atoms with van der Waals surface area (Å²) in [5.41, 5.74) is 5.58. The molecular formula is C20H24N4OS2. The summed E-state index contributed by atoms with van der Waals surface area (Å²) in [4.78, 5) is 13.7. The zero-order valence-corrected chi connectivity index (χ0v) is 17.9. The second kappa shape index (κ2) is 8.27. The maximum Gasteiger partial charge on any atom is 0.234 e. The Balaban J connectivity index is 1.69. The number of nitrogens with zero attached hydrogens (tertiary/aromatic N) is 3. The van der Waals surface area contributed by atoms with Crippen LogP contribution < -0.4 is 5.32 Å². The van der Waals surface area contributed by atoms with Crippen LogP contribution in [0, 0.1) is 20.8 Å². The monoisotopic (exact) mass is 400 g/mol. The highest BCUT2D eigenvalue weighted by molar-refractivity contribution is 7.99. The fraction of sp³-hybridized carbons (Fsp3) is 0.350. The minimum absolute atomic E-state index is 0.0427. The molecule has 142 valence electrons. The van der Waals surface area contributed by atoms with E-state index in [9.17, 15) is 4.79 Å². The lowest BCUT2D eigenvalue weighted by Crippen LogP contribution is -2.15. The first-order valence-electron chi connectivity index (χ1n) is 8.88. The Labute approximate surface area is 168 Å². The first-order chi connectivity index (χ1) is 12.9. The van der Waals surface area contributed by atoms with Gasteiger partial charge in [0.2, 0.25) is 5.91 Å². The molecule has 0 saturated carbocycles. The number of aryl methyl sites for hydroxylation is 2. The van der Waals surface area contributed by atoms with E-state index in [0.717, 1.165) is 39.8 Å². The Hall–Kier alpha value is -2.12. The van der Waals surface area contributed by atoms with E-state index in [1.54, 1.807) is 11.3 Å². The van der Waals surface area contributed by atoms with Gasteiger partial charge in [-0.05, 0) is 49.9 Å². The van der Waals surface area contributed by atoms with Crippen LogP contribution in [0.2, 0.25) is 0 Å². The number of rotatable bonds is 6. The van der Waals surface area contributed by atoms with Crippen molar-refractivity contribution >= 4 is 34.7 Å². The SMILES string of the molecule is CCc1c(-c2nnc(SCC(=O)Nc3cccc(C)c3C)n2C)csc1C. The van der Waals surface area contributed by atoms with Gasteiger partial charge < -0.3 is 9.88 Å². The maximum absolute atomic E-state index is 12.4. The molecule has 0 radical (unpaired) electrons. The van der Waals surface area contributed by atoms with Gasteiger partial charge in [0.05, 0.1) is 5.75 Å². The number of aromatic nitrogens is 3. The highest BCUT2D eigenvalue weighted by Gasteiger charge is 2.17. The number of carbonyl (C=O) groups is 1. The van der Waals surface area contributed by atoms with Crippen molar-refractivity contribution in [2.24, 2.45) is 7.05 Å². The molecule has 2 heterocycles. The summed E-state index contributed by atoms with van der Waals surface area (Å²) in [6.45, 7) is 8.34. The van der Waals surface area contributed by atoms with E-state index in [-0.39, 0.29) is 5.91 Å². The molecule has 0 aliphatic heterocycles. The van der Waals surface area contributed by atoms with E-state index in [4.69, 9.17) is 0 Å². The maximum atomic E-state index is 12.4. The van der Waals surface area contributed by atoms with E-state index in [2.05, 4.69) is 34.7 Å². The predicted molar refractivity (Wildman–Crippen MR) is 114 cm³/mol. The van der Waals surface area contributed by atoms with Gasteiger partial charge in [0, 0.05) is 28.6 Å². The fourth-order valence-corrected chi connectivity index (χ4v) is 4.63. The second-order valence-corrected chi connectivity index (χ2v) is 8.51. The van der Waals surface area contributed by atoms with Crippen LogP contribution in [0.3, 0.4) is 0 Å². The van der Waals surface area contributed by atoms with Gasteiger partial charge in [-0.1, -0.05) is 30.8 Å². The third-order valence-corrected chi connectivity index (χ3v) is 6.72. The Kier molecular flexibility index (Phi) is 6.01. The number of hydrogen-bond acceptors (Lipinski definition) is 5. The van der Waals surface area contributed by atoms with Gasteiger partial charge >= 0.3 is 0 Å². The molecule has 3 rings (SSSR count). The van der Waals surface area contributed by atoms with E-state index >= 15 is 0 Å². The van der Waals surface area contributed by atoms with Crippen molar-refractivity contribution in [3.63, 3.8) is 0 Å². The van der Waals surface area contributed by atoms with E-state index < -0.39 is 0 Å². The van der Waals surface area contributed by atoms with Crippen LogP contribution in [0.5, 0.6) is 0 Å². The lowest BCUT2D eigenvalue weighted by atomic mass is 10.1. The smallest absolute Gasteiger partial charge is 0.234 e. The van der Waals surface area contributed by atoms with Crippen LogP contribution in [-0.4, -0.2) is 26.4 Å². The third-order valence-electron chi connectivity index (χ3n) is 4.74. The van der Waals surface area contributed by atoms with Crippen LogP contribution >= 0.6 is 23.1 Å². The highest BCUT2D eigenvalue weighted by Crippen LogP contribution is 2.32. The molecule has 5 nitrogen and oxygen atoms in total. The van der Waals surface area contributed by atoms with Crippen LogP contribution in [-0.2, 0) is 18.3 Å². The summed E-state index contributed by atoms with van der Waals surface area (Å²) in [5.74, 6) is 1.11. The average Bonchev–Trinajstić information content (AvgIpc) is 3.19. The Morgan fingerprint density at radius 1 is 1.26 bits per heavy atom. The largest absolute Gasteiger partial charge is 0.325 e. The quantitative estimate of drug-likeness (QED) is 0.606. The molecule has 2 aromatic heterocycles. The van der Waals surface area contributed by atoms with Crippen molar-refractivity contribution in [2.75, 3.05) is 11.1 Å². The first kappa shape index (κ1) is 19.6. The fourth-order valence-electron chi connectivity index (χ4n) is 2.98. The van der Waals surface area contributed by atoms with Gasteiger partial charge in [-0.3, -0.25) is 4.79 Å². The number of anilines is 1. The normalized spacial score (nSPS) is 11.0. The summed E-state index contributed by atoms with van der Waals surface area (Å²) >= 11 is 3.14. The average molecular weight is 401 g/mol. The lowest BCUT2D eigenvalue weighted by Gasteiger charge is -2.10. The van der Waals surface area contributed by atoms with Crippen LogP contribution in [0.25, 0.3) is 11.4 Å². The Morgan fingerprint density at radius 3 is 2.78 bits per heavy atom. The summed E-state index contributed by atoms with van der Waals surface area (Å²) in [6, 6.07) is 5.92. The molecule has 1 aromatic carbocycles. The second-order valence-electron chi connectivity index (χ2n) is 6.49. The van der Waals surface area contributed by atoms with Gasteiger partial charge in [0.1, 0.15) is 0 Å². The van der Waals surface area contributed by atoms with Crippen molar-refractivity contribution in [3.05, 3.63) is 45.1 Å². The summed E-state index contributed by atoms with van der Waals surface area (Å²) in [7, 11) is 1.95. The number of hydrogen-bond donors (Lipinski definition) is 1. The first-order valence-corrected chi connectivity index (χ1v) is 10.7. The molecule has 0 aliphatic carbocycles. The molecular weight excluding hydrogens is 376 g/mol. The zero-order valence-electron chi connectivity index (χ0n) is 16.3. The van der Waals surface area contributed by atoms with E-state index in [0.29, 0.717) is 5.75 Å². The summed E-state index contributed by atoms with van der Waals surface area (Å²) in [5, 5.41) is 14.5. The number of thioether (sulfide) groups is 1. The molecule has 0 saturated heterocycles. The molecule has 3 aromatic rings. The number of amides is 1. The number of benzene rings is 1. The van der Waals surface area contributed by atoms with Crippen LogP contribution in [0.4, 0.5) is 5.69 Å². The molecule has 0 unspecified atom stereocenters. The molecule has 1 N–H and O–H groups in total. The third kappa shape index (κ3) is 4.09. The molecule has 0 fully saturated rings. The molecule has 0 aliphatic rings. The number of nitrogens with one attached hydrogen (secondary N) is 1. The Bertz CT molecular complexity index is 975. The standard InChI is InChI=1S/C20H24N4OS2/c1-6-15-14(4)26-10-16(15)19-22-23-20(24(19)5)27-11-18(25)21-17-9-7-8-12(2)13(17)3/h7-10H,6,11H2,1-5H3,(H,21,25). The van der Waals surface area contributed by atoms with Crippen molar-refractivity contribution in [1.82, 2.24) is 14.8 Å². The van der Waals surface area contributed by atoms with Crippen molar-refractivity contribution in [3.8, 4) is 11.4 Å². The minimum Gasteiger partial charge on any atom is -0.325 e. The van der Waals surface area contributed by atoms with Crippen molar-refractivity contribution in [1.29, 1.82) is 0 Å². The Morgan fingerprint density at radius 2 is 2.04 bits per heavy atom. The van der Waals surface area contributed by atoms with Gasteiger partial charge in [-0.25, -0.2) is 0 Å². The number of thiophene rings is 1. The molecule has 7 heteroatoms. The topological polar surface area (TPSA) is 59.8 Å². The zero-order chi connectivity index (χ0) is 19.6. The number of carbonyl (C=O) groups excluding carboxylic acids is 1. The van der Waals surface area contributed by atoms with E-state index in [1.807, 2.05) is 43.7 Å². The highest BCUT2D eigenvalue weighted by atomic mass is 32.2. The van der Waals surface area contributed by atoms with E-state index in [1.165, 1.54) is 22.2 Å². The van der Waals surface area contributed by atoms with Crippen LogP contribution in [0.1, 0.15) is 28.5 Å². The van der Waals surface area contributed by atoms with Gasteiger partial charge in [-0.2, -0.15) is 0 Å².